The van der Waals surface area contributed by atoms with E-state index in [9.17, 15) is 12.9 Å². The molecule has 0 unspecified atom stereocenters. The summed E-state index contributed by atoms with van der Waals surface area (Å²) in [5.74, 6) is -0.177. The fourth-order valence-corrected chi connectivity index (χ4v) is 1.72. The van der Waals surface area contributed by atoms with Crippen molar-refractivity contribution in [1.29, 1.82) is 5.26 Å². The summed E-state index contributed by atoms with van der Waals surface area (Å²) in [6.07, 6.45) is 0. The Morgan fingerprint density at radius 3 is 2.25 bits per heavy atom. The molecule has 0 N–H and O–H groups in total. The van der Waals surface area contributed by atoms with Crippen molar-refractivity contribution < 1.29 is 17.7 Å². The monoisotopic (exact) mass is 276 g/mol. The quantitative estimate of drug-likeness (QED) is 0.803. The van der Waals surface area contributed by atoms with Gasteiger partial charge in [0.2, 0.25) is 0 Å². The first kappa shape index (κ1) is 14.0. The van der Waals surface area contributed by atoms with E-state index in [-0.39, 0.29) is 12.4 Å². The van der Waals surface area contributed by atoms with Gasteiger partial charge in [0.1, 0.15) is 6.61 Å². The highest BCUT2D eigenvalue weighted by Gasteiger charge is 2.28. The molecule has 20 heavy (non-hydrogen) atoms. The Hall–Kier alpha value is -2.42. The number of benzene rings is 2. The molecule has 0 aliphatic carbocycles. The van der Waals surface area contributed by atoms with Gasteiger partial charge in [-0.05, 0) is 23.8 Å². The molecule has 102 valence electrons. The molecule has 0 aliphatic heterocycles. The SMILES string of the molecule is N#Cc1ccc(COc2ccccc2[B-](F)(F)F)cc1. The summed E-state index contributed by atoms with van der Waals surface area (Å²) < 4.78 is 43.7. The van der Waals surface area contributed by atoms with Crippen molar-refractivity contribution >= 4 is 12.4 Å². The summed E-state index contributed by atoms with van der Waals surface area (Å²) in [4.78, 5) is 0. The fourth-order valence-electron chi connectivity index (χ4n) is 1.72. The first-order valence-electron chi connectivity index (χ1n) is 5.91. The molecule has 0 aromatic heterocycles. The molecule has 2 nitrogen and oxygen atoms in total. The van der Waals surface area contributed by atoms with Gasteiger partial charge in [-0.1, -0.05) is 35.8 Å². The van der Waals surface area contributed by atoms with Crippen LogP contribution in [0.3, 0.4) is 0 Å². The predicted molar refractivity (Wildman–Crippen MR) is 70.6 cm³/mol. The highest BCUT2D eigenvalue weighted by Crippen LogP contribution is 2.18. The third-order valence-electron chi connectivity index (χ3n) is 2.75. The van der Waals surface area contributed by atoms with Crippen LogP contribution in [-0.2, 0) is 6.61 Å². The second-order valence-electron chi connectivity index (χ2n) is 4.21. The number of hydrogen-bond donors (Lipinski definition) is 0. The molecule has 0 spiro atoms. The molecule has 2 aromatic carbocycles. The Morgan fingerprint density at radius 1 is 1.00 bits per heavy atom. The number of nitrogens with zero attached hydrogens (tertiary/aromatic N) is 1. The maximum atomic E-state index is 12.8. The van der Waals surface area contributed by atoms with Gasteiger partial charge in [-0.25, -0.2) is 0 Å². The number of ether oxygens (including phenoxy) is 1. The van der Waals surface area contributed by atoms with Crippen molar-refractivity contribution in [3.63, 3.8) is 0 Å². The molecule has 0 bridgehead atoms. The van der Waals surface area contributed by atoms with E-state index in [0.717, 1.165) is 6.07 Å². The van der Waals surface area contributed by atoms with Crippen LogP contribution < -0.4 is 10.2 Å². The standard InChI is InChI=1S/C14H10BF3NO/c16-15(17,18)13-3-1-2-4-14(13)20-10-12-7-5-11(9-19)6-8-12/h1-8H,10H2/q-1. The second kappa shape index (κ2) is 5.70. The van der Waals surface area contributed by atoms with Gasteiger partial charge in [-0.15, -0.1) is 0 Å². The highest BCUT2D eigenvalue weighted by molar-refractivity contribution is 6.74. The number of nitriles is 1. The third-order valence-corrected chi connectivity index (χ3v) is 2.75. The van der Waals surface area contributed by atoms with Gasteiger partial charge in [0.15, 0.2) is 0 Å². The lowest BCUT2D eigenvalue weighted by Crippen LogP contribution is -2.35. The average molecular weight is 276 g/mol. The summed E-state index contributed by atoms with van der Waals surface area (Å²) in [6.45, 7) is -5.08. The van der Waals surface area contributed by atoms with Crippen LogP contribution in [0, 0.1) is 11.3 Å². The first-order chi connectivity index (χ1) is 9.50. The van der Waals surface area contributed by atoms with Gasteiger partial charge in [0.05, 0.1) is 17.4 Å². The highest BCUT2D eigenvalue weighted by atomic mass is 19.4. The van der Waals surface area contributed by atoms with Crippen LogP contribution in [0.25, 0.3) is 0 Å². The van der Waals surface area contributed by atoms with E-state index in [4.69, 9.17) is 10.00 Å². The molecule has 0 fully saturated rings. The molecule has 0 saturated heterocycles. The minimum absolute atomic E-state index is 0.0227. The van der Waals surface area contributed by atoms with Crippen molar-refractivity contribution in [2.75, 3.05) is 0 Å². The van der Waals surface area contributed by atoms with E-state index in [1.165, 1.54) is 18.2 Å². The van der Waals surface area contributed by atoms with Gasteiger partial charge in [-0.2, -0.15) is 5.26 Å². The molecule has 0 heterocycles. The zero-order chi connectivity index (χ0) is 14.6. The van der Waals surface area contributed by atoms with Gasteiger partial charge in [0.25, 0.3) is 0 Å². The minimum Gasteiger partial charge on any atom is -0.492 e. The van der Waals surface area contributed by atoms with Gasteiger partial charge in [0, 0.05) is 0 Å². The van der Waals surface area contributed by atoms with Crippen LogP contribution in [0.15, 0.2) is 48.5 Å². The molecule has 2 aromatic rings. The molecule has 0 saturated carbocycles. The predicted octanol–water partition coefficient (Wildman–Crippen LogP) is 3.19. The minimum atomic E-state index is -5.10. The maximum absolute atomic E-state index is 12.8. The maximum Gasteiger partial charge on any atom is 0.513 e. The molecule has 0 amide bonds. The average Bonchev–Trinajstić information content (AvgIpc) is 2.45. The zero-order valence-corrected chi connectivity index (χ0v) is 10.4. The fraction of sp³-hybridized carbons (Fsp3) is 0.0714. The van der Waals surface area contributed by atoms with Crippen molar-refractivity contribution in [2.24, 2.45) is 0 Å². The summed E-state index contributed by atoms with van der Waals surface area (Å²) in [5.41, 5.74) is 0.461. The lowest BCUT2D eigenvalue weighted by molar-refractivity contribution is 0.307. The van der Waals surface area contributed by atoms with E-state index in [2.05, 4.69) is 0 Å². The number of halogens is 3. The van der Waals surface area contributed by atoms with Crippen LogP contribution in [-0.4, -0.2) is 6.98 Å². The third kappa shape index (κ3) is 3.32. The summed E-state index contributed by atoms with van der Waals surface area (Å²) in [6, 6.07) is 13.6. The molecular weight excluding hydrogens is 266 g/mol. The Balaban J connectivity index is 2.13. The number of para-hydroxylation sites is 1. The lowest BCUT2D eigenvalue weighted by Gasteiger charge is -2.19. The van der Waals surface area contributed by atoms with Crippen LogP contribution in [0.1, 0.15) is 11.1 Å². The lowest BCUT2D eigenvalue weighted by atomic mass is 9.79. The van der Waals surface area contributed by atoms with Crippen LogP contribution in [0.5, 0.6) is 5.75 Å². The van der Waals surface area contributed by atoms with Gasteiger partial charge in [-0.3, -0.25) is 0 Å². The largest absolute Gasteiger partial charge is 0.513 e. The first-order valence-corrected chi connectivity index (χ1v) is 5.91. The van der Waals surface area contributed by atoms with E-state index in [1.807, 2.05) is 6.07 Å². The van der Waals surface area contributed by atoms with E-state index >= 15 is 0 Å². The number of rotatable bonds is 4. The van der Waals surface area contributed by atoms with Crippen molar-refractivity contribution in [2.45, 2.75) is 6.61 Å². The molecule has 2 rings (SSSR count). The Labute approximate surface area is 114 Å². The Morgan fingerprint density at radius 2 is 1.65 bits per heavy atom. The van der Waals surface area contributed by atoms with Crippen LogP contribution in [0.4, 0.5) is 12.9 Å². The van der Waals surface area contributed by atoms with Gasteiger partial charge < -0.3 is 17.7 Å². The second-order valence-corrected chi connectivity index (χ2v) is 4.21. The molecule has 0 atom stereocenters. The van der Waals surface area contributed by atoms with Crippen LogP contribution >= 0.6 is 0 Å². The van der Waals surface area contributed by atoms with E-state index < -0.39 is 12.4 Å². The molecule has 0 aliphatic rings. The smallest absolute Gasteiger partial charge is 0.492 e. The van der Waals surface area contributed by atoms with Gasteiger partial charge >= 0.3 is 6.98 Å². The molecule has 6 heteroatoms. The van der Waals surface area contributed by atoms with E-state index in [1.54, 1.807) is 24.3 Å². The summed E-state index contributed by atoms with van der Waals surface area (Å²) in [7, 11) is 0. The topological polar surface area (TPSA) is 33.0 Å². The van der Waals surface area contributed by atoms with Crippen molar-refractivity contribution in [3.8, 4) is 11.8 Å². The summed E-state index contributed by atoms with van der Waals surface area (Å²) in [5, 5.41) is 8.66. The Bertz CT molecular complexity index is 632. The van der Waals surface area contributed by atoms with Crippen molar-refractivity contribution in [3.05, 3.63) is 59.7 Å². The van der Waals surface area contributed by atoms with Crippen LogP contribution in [0.2, 0.25) is 0 Å². The van der Waals surface area contributed by atoms with E-state index in [0.29, 0.717) is 11.1 Å². The Kier molecular flexibility index (Phi) is 3.99. The van der Waals surface area contributed by atoms with Crippen molar-refractivity contribution in [1.82, 2.24) is 0 Å². The normalized spacial score (nSPS) is 10.9. The molecular formula is C14H10BF3NO-. The number of hydrogen-bond acceptors (Lipinski definition) is 2. The molecule has 0 radical (unpaired) electrons. The summed E-state index contributed by atoms with van der Waals surface area (Å²) >= 11 is 0. The zero-order valence-electron chi connectivity index (χ0n) is 10.4.